The molecule has 0 saturated carbocycles. The maximum Gasteiger partial charge on any atom is 0.225 e. The van der Waals surface area contributed by atoms with Crippen molar-refractivity contribution < 1.29 is 4.79 Å². The largest absolute Gasteiger partial charge is 0.356 e. The van der Waals surface area contributed by atoms with Crippen molar-refractivity contribution in [2.24, 2.45) is 4.99 Å². The molecule has 2 heterocycles. The fraction of sp³-hybridized carbons (Fsp3) is 0.400. The summed E-state index contributed by atoms with van der Waals surface area (Å²) in [5, 5.41) is 6.46. The third kappa shape index (κ3) is 5.67. The summed E-state index contributed by atoms with van der Waals surface area (Å²) >= 11 is 0. The topological polar surface area (TPSA) is 85.8 Å². The second-order valence-electron chi connectivity index (χ2n) is 6.50. The summed E-state index contributed by atoms with van der Waals surface area (Å²) in [7, 11) is 1.73. The molecule has 0 radical (unpaired) electrons. The van der Waals surface area contributed by atoms with Gasteiger partial charge in [0.15, 0.2) is 5.96 Å². The average Bonchev–Trinajstić information content (AvgIpc) is 2.77. The second kappa shape index (κ2) is 10.2. The number of nitrogens with zero attached hydrogens (tertiary/aromatic N) is 5. The molecule has 8 heteroatoms. The Balaban J connectivity index is 1.36. The van der Waals surface area contributed by atoms with Crippen LogP contribution in [0.5, 0.6) is 0 Å². The lowest BCUT2D eigenvalue weighted by Crippen LogP contribution is -2.50. The van der Waals surface area contributed by atoms with E-state index in [1.165, 1.54) is 5.56 Å². The van der Waals surface area contributed by atoms with Crippen LogP contribution in [0.2, 0.25) is 0 Å². The summed E-state index contributed by atoms with van der Waals surface area (Å²) in [4.78, 5) is 29.2. The minimum atomic E-state index is 0.152. The third-order valence-corrected chi connectivity index (χ3v) is 4.63. The van der Waals surface area contributed by atoms with Gasteiger partial charge in [-0.05, 0) is 11.6 Å². The predicted molar refractivity (Wildman–Crippen MR) is 110 cm³/mol. The van der Waals surface area contributed by atoms with Crippen LogP contribution in [-0.4, -0.2) is 66.5 Å². The van der Waals surface area contributed by atoms with Gasteiger partial charge in [-0.1, -0.05) is 30.3 Å². The highest BCUT2D eigenvalue weighted by atomic mass is 16.2. The number of rotatable bonds is 6. The van der Waals surface area contributed by atoms with Gasteiger partial charge in [-0.3, -0.25) is 9.79 Å². The monoisotopic (exact) mass is 381 g/mol. The summed E-state index contributed by atoms with van der Waals surface area (Å²) in [6, 6.07) is 11.9. The van der Waals surface area contributed by atoms with E-state index in [1.807, 2.05) is 23.1 Å². The zero-order valence-corrected chi connectivity index (χ0v) is 16.2. The van der Waals surface area contributed by atoms with E-state index in [1.54, 1.807) is 25.5 Å². The van der Waals surface area contributed by atoms with Crippen molar-refractivity contribution in [2.45, 2.75) is 13.0 Å². The molecule has 0 bridgehead atoms. The number of nitrogens with one attached hydrogen (secondary N) is 2. The third-order valence-electron chi connectivity index (χ3n) is 4.63. The maximum absolute atomic E-state index is 12.5. The van der Waals surface area contributed by atoms with Crippen molar-refractivity contribution in [3.8, 4) is 0 Å². The number of carbonyl (C=O) groups is 1. The summed E-state index contributed by atoms with van der Waals surface area (Å²) < 4.78 is 0. The van der Waals surface area contributed by atoms with Crippen LogP contribution in [0.15, 0.2) is 53.8 Å². The van der Waals surface area contributed by atoms with Crippen molar-refractivity contribution in [2.75, 3.05) is 44.7 Å². The summed E-state index contributed by atoms with van der Waals surface area (Å²) in [5.41, 5.74) is 1.18. The lowest BCUT2D eigenvalue weighted by atomic mass is 10.2. The Kier molecular flexibility index (Phi) is 7.17. The van der Waals surface area contributed by atoms with Gasteiger partial charge in [0.2, 0.25) is 11.9 Å². The summed E-state index contributed by atoms with van der Waals surface area (Å²) in [6.07, 6.45) is 3.92. The molecule has 0 atom stereocenters. The van der Waals surface area contributed by atoms with E-state index in [9.17, 15) is 4.79 Å². The highest BCUT2D eigenvalue weighted by Gasteiger charge is 2.22. The Hall–Kier alpha value is -3.16. The van der Waals surface area contributed by atoms with Gasteiger partial charge in [0.25, 0.3) is 0 Å². The van der Waals surface area contributed by atoms with Gasteiger partial charge in [0, 0.05) is 65.1 Å². The van der Waals surface area contributed by atoms with E-state index in [0.717, 1.165) is 19.0 Å². The van der Waals surface area contributed by atoms with Crippen LogP contribution in [0, 0.1) is 0 Å². The molecule has 148 valence electrons. The van der Waals surface area contributed by atoms with Gasteiger partial charge in [-0.15, -0.1) is 0 Å². The fourth-order valence-corrected chi connectivity index (χ4v) is 3.06. The standard InChI is InChI=1S/C20H27N7O/c1-21-19(25-16-17-6-3-2-4-7-17)22-11-8-18(28)26-12-14-27(15-13-26)20-23-9-5-10-24-20/h2-7,9-10H,8,11-16H2,1H3,(H2,21,22,25). The second-order valence-corrected chi connectivity index (χ2v) is 6.50. The highest BCUT2D eigenvalue weighted by Crippen LogP contribution is 2.10. The Morgan fingerprint density at radius 3 is 2.43 bits per heavy atom. The van der Waals surface area contributed by atoms with Crippen molar-refractivity contribution in [1.82, 2.24) is 25.5 Å². The molecular weight excluding hydrogens is 354 g/mol. The predicted octanol–water partition coefficient (Wildman–Crippen LogP) is 0.881. The first-order valence-corrected chi connectivity index (χ1v) is 9.54. The number of anilines is 1. The first kappa shape index (κ1) is 19.6. The smallest absolute Gasteiger partial charge is 0.225 e. The molecule has 1 aromatic carbocycles. The Morgan fingerprint density at radius 1 is 1.04 bits per heavy atom. The van der Waals surface area contributed by atoms with Crippen molar-refractivity contribution in [3.05, 3.63) is 54.4 Å². The number of guanidine groups is 1. The maximum atomic E-state index is 12.5. The van der Waals surface area contributed by atoms with E-state index in [0.29, 0.717) is 38.6 Å². The molecule has 1 aliphatic rings. The fourth-order valence-electron chi connectivity index (χ4n) is 3.06. The Labute approximate surface area is 165 Å². The first-order valence-electron chi connectivity index (χ1n) is 9.54. The van der Waals surface area contributed by atoms with Gasteiger partial charge in [0.05, 0.1) is 0 Å². The molecule has 1 aliphatic heterocycles. The minimum Gasteiger partial charge on any atom is -0.356 e. The number of aromatic nitrogens is 2. The molecule has 1 amide bonds. The van der Waals surface area contributed by atoms with Crippen LogP contribution in [0.25, 0.3) is 0 Å². The molecule has 2 N–H and O–H groups in total. The Bertz CT molecular complexity index is 759. The van der Waals surface area contributed by atoms with Crippen LogP contribution in [0.4, 0.5) is 5.95 Å². The van der Waals surface area contributed by atoms with Crippen molar-refractivity contribution >= 4 is 17.8 Å². The highest BCUT2D eigenvalue weighted by molar-refractivity contribution is 5.81. The molecule has 3 rings (SSSR count). The van der Waals surface area contributed by atoms with E-state index in [2.05, 4.69) is 42.6 Å². The van der Waals surface area contributed by atoms with Crippen LogP contribution < -0.4 is 15.5 Å². The SMILES string of the molecule is CN=C(NCCC(=O)N1CCN(c2ncccn2)CC1)NCc1ccccc1. The Morgan fingerprint density at radius 2 is 1.75 bits per heavy atom. The molecule has 1 fully saturated rings. The molecule has 28 heavy (non-hydrogen) atoms. The van der Waals surface area contributed by atoms with Crippen molar-refractivity contribution in [1.29, 1.82) is 0 Å². The number of hydrogen-bond acceptors (Lipinski definition) is 5. The van der Waals surface area contributed by atoms with Gasteiger partial charge in [-0.25, -0.2) is 9.97 Å². The van der Waals surface area contributed by atoms with Gasteiger partial charge in [0.1, 0.15) is 0 Å². The molecule has 0 aliphatic carbocycles. The zero-order valence-electron chi connectivity index (χ0n) is 16.2. The van der Waals surface area contributed by atoms with Crippen LogP contribution in [0.1, 0.15) is 12.0 Å². The van der Waals surface area contributed by atoms with Gasteiger partial charge < -0.3 is 20.4 Å². The van der Waals surface area contributed by atoms with E-state index < -0.39 is 0 Å². The molecule has 8 nitrogen and oxygen atoms in total. The summed E-state index contributed by atoms with van der Waals surface area (Å²) in [5.74, 6) is 1.58. The number of hydrogen-bond donors (Lipinski definition) is 2. The minimum absolute atomic E-state index is 0.152. The number of amides is 1. The van der Waals surface area contributed by atoms with E-state index in [-0.39, 0.29) is 5.91 Å². The quantitative estimate of drug-likeness (QED) is 0.571. The molecule has 0 unspecified atom stereocenters. The lowest BCUT2D eigenvalue weighted by Gasteiger charge is -2.34. The molecule has 1 saturated heterocycles. The average molecular weight is 381 g/mol. The zero-order chi connectivity index (χ0) is 19.6. The first-order chi connectivity index (χ1) is 13.8. The number of benzene rings is 1. The lowest BCUT2D eigenvalue weighted by molar-refractivity contribution is -0.131. The molecule has 2 aromatic rings. The number of aliphatic imine (C=N–C) groups is 1. The summed E-state index contributed by atoms with van der Waals surface area (Å²) in [6.45, 7) is 4.14. The molecular formula is C20H27N7O. The van der Waals surface area contributed by atoms with Crippen molar-refractivity contribution in [3.63, 3.8) is 0 Å². The van der Waals surface area contributed by atoms with Crippen LogP contribution in [0.3, 0.4) is 0 Å². The van der Waals surface area contributed by atoms with Crippen LogP contribution >= 0.6 is 0 Å². The number of carbonyl (C=O) groups excluding carboxylic acids is 1. The van der Waals surface area contributed by atoms with Gasteiger partial charge >= 0.3 is 0 Å². The number of piperazine rings is 1. The normalized spacial score (nSPS) is 14.7. The van der Waals surface area contributed by atoms with Gasteiger partial charge in [-0.2, -0.15) is 0 Å². The molecule has 0 spiro atoms. The van der Waals surface area contributed by atoms with E-state index in [4.69, 9.17) is 0 Å². The van der Waals surface area contributed by atoms with Crippen LogP contribution in [-0.2, 0) is 11.3 Å². The molecule has 1 aromatic heterocycles. The van der Waals surface area contributed by atoms with E-state index >= 15 is 0 Å².